The van der Waals surface area contributed by atoms with Gasteiger partial charge in [-0.15, -0.1) is 0 Å². The number of furan rings is 1. The van der Waals surface area contributed by atoms with Gasteiger partial charge in [-0.2, -0.15) is 5.06 Å². The van der Waals surface area contributed by atoms with Gasteiger partial charge in [0, 0.05) is 11.6 Å². The lowest BCUT2D eigenvalue weighted by Gasteiger charge is -2.20. The molecule has 34 heavy (non-hydrogen) atoms. The summed E-state index contributed by atoms with van der Waals surface area (Å²) in [7, 11) is 0. The average molecular weight is 464 g/mol. The van der Waals surface area contributed by atoms with Crippen molar-refractivity contribution in [3.05, 3.63) is 89.4 Å². The third-order valence-corrected chi connectivity index (χ3v) is 4.83. The Hall–Kier alpha value is -4.24. The number of carboxylic acid groups (broad SMARTS) is 1. The van der Waals surface area contributed by atoms with Gasteiger partial charge in [-0.25, -0.2) is 9.59 Å². The highest BCUT2D eigenvalue weighted by Crippen LogP contribution is 2.13. The zero-order chi connectivity index (χ0) is 24.5. The Kier molecular flexibility index (Phi) is 8.31. The van der Waals surface area contributed by atoms with E-state index in [9.17, 15) is 19.2 Å². The van der Waals surface area contributed by atoms with E-state index in [-0.39, 0.29) is 29.7 Å². The molecule has 0 saturated carbocycles. The number of ketones is 1. The largest absolute Gasteiger partial charge is 0.473 e. The number of carbonyl (C=O) groups is 4. The second-order valence-corrected chi connectivity index (χ2v) is 7.42. The second-order valence-electron chi connectivity index (χ2n) is 7.42. The summed E-state index contributed by atoms with van der Waals surface area (Å²) in [5, 5.41) is 12.8. The highest BCUT2D eigenvalue weighted by atomic mass is 16.7. The van der Waals surface area contributed by atoms with E-state index in [0.29, 0.717) is 24.3 Å². The molecule has 0 bridgehead atoms. The Morgan fingerprint density at radius 2 is 1.79 bits per heavy atom. The summed E-state index contributed by atoms with van der Waals surface area (Å²) in [6.45, 7) is 2.26. The van der Waals surface area contributed by atoms with Crippen molar-refractivity contribution in [1.29, 1.82) is 0 Å². The van der Waals surface area contributed by atoms with Gasteiger partial charge in [0.15, 0.2) is 5.76 Å². The third kappa shape index (κ3) is 6.88. The highest BCUT2D eigenvalue weighted by molar-refractivity contribution is 6.28. The smallest absolute Gasteiger partial charge is 0.441 e. The zero-order valence-corrected chi connectivity index (χ0v) is 18.5. The summed E-state index contributed by atoms with van der Waals surface area (Å²) < 4.78 is 5.28. The molecule has 9 nitrogen and oxygen atoms in total. The Morgan fingerprint density at radius 1 is 1.09 bits per heavy atom. The molecule has 0 spiro atoms. The van der Waals surface area contributed by atoms with Crippen LogP contribution in [0.2, 0.25) is 0 Å². The first-order chi connectivity index (χ1) is 16.3. The van der Waals surface area contributed by atoms with Crippen molar-refractivity contribution >= 4 is 29.7 Å². The maximum absolute atomic E-state index is 12.8. The van der Waals surface area contributed by atoms with Gasteiger partial charge < -0.3 is 19.7 Å². The number of allylic oxidation sites excluding steroid dienone is 3. The van der Waals surface area contributed by atoms with Gasteiger partial charge in [-0.05, 0) is 55.8 Å². The van der Waals surface area contributed by atoms with E-state index in [4.69, 9.17) is 14.4 Å². The number of carboxylic acids is 1. The molecular formula is C25H24N2O7. The molecule has 0 saturated heterocycles. The maximum Gasteiger partial charge on any atom is 0.441 e. The van der Waals surface area contributed by atoms with E-state index in [1.165, 1.54) is 18.2 Å². The molecule has 1 aliphatic rings. The zero-order valence-electron chi connectivity index (χ0n) is 18.5. The van der Waals surface area contributed by atoms with Crippen LogP contribution in [0.25, 0.3) is 6.08 Å². The molecule has 1 aromatic heterocycles. The van der Waals surface area contributed by atoms with Crippen molar-refractivity contribution < 1.29 is 33.5 Å². The maximum atomic E-state index is 12.8. The van der Waals surface area contributed by atoms with Gasteiger partial charge >= 0.3 is 11.9 Å². The molecule has 1 aromatic carbocycles. The van der Waals surface area contributed by atoms with Gasteiger partial charge in [0.05, 0.1) is 6.54 Å². The minimum absolute atomic E-state index is 0.00369. The summed E-state index contributed by atoms with van der Waals surface area (Å²) in [5.74, 6) is -3.44. The van der Waals surface area contributed by atoms with Gasteiger partial charge in [0.2, 0.25) is 5.78 Å². The van der Waals surface area contributed by atoms with Gasteiger partial charge in [-0.1, -0.05) is 42.5 Å². The molecule has 0 fully saturated rings. The van der Waals surface area contributed by atoms with Gasteiger partial charge in [-0.3, -0.25) is 9.59 Å². The predicted molar refractivity (Wildman–Crippen MR) is 123 cm³/mol. The SMILES string of the molecule is Cc1ccc(C(=O)/C=C/c2ccc(C(=O)N(CCCNC3C=CC=C3)OC(=O)C(=O)O)cc2)o1. The number of amides is 1. The summed E-state index contributed by atoms with van der Waals surface area (Å²) in [5.41, 5.74) is 0.849. The summed E-state index contributed by atoms with van der Waals surface area (Å²) >= 11 is 0. The standard InChI is InChI=1S/C25H24N2O7/c1-17-7-14-22(33-17)21(28)13-10-18-8-11-19(12-9-18)23(29)27(34-25(32)24(30)31)16-4-15-26-20-5-2-3-6-20/h2-3,5-14,20,26H,4,15-16H2,1H3,(H,30,31)/b13-10+. The Morgan fingerprint density at radius 3 is 2.41 bits per heavy atom. The number of nitrogens with zero attached hydrogens (tertiary/aromatic N) is 1. The number of aryl methyl sites for hydroxylation is 1. The molecule has 1 heterocycles. The number of hydroxylamine groups is 2. The van der Waals surface area contributed by atoms with Crippen LogP contribution in [0.3, 0.4) is 0 Å². The van der Waals surface area contributed by atoms with Crippen LogP contribution in [0.5, 0.6) is 0 Å². The van der Waals surface area contributed by atoms with Crippen LogP contribution in [0.4, 0.5) is 0 Å². The van der Waals surface area contributed by atoms with E-state index in [0.717, 1.165) is 5.06 Å². The molecule has 2 aromatic rings. The van der Waals surface area contributed by atoms with Crippen LogP contribution >= 0.6 is 0 Å². The Balaban J connectivity index is 1.61. The quantitative estimate of drug-likeness (QED) is 0.191. The molecular weight excluding hydrogens is 440 g/mol. The highest BCUT2D eigenvalue weighted by Gasteiger charge is 2.24. The lowest BCUT2D eigenvalue weighted by molar-refractivity contribution is -0.187. The Labute approximate surface area is 195 Å². The summed E-state index contributed by atoms with van der Waals surface area (Å²) in [6.07, 6.45) is 11.1. The first-order valence-corrected chi connectivity index (χ1v) is 10.6. The minimum atomic E-state index is -1.80. The fourth-order valence-electron chi connectivity index (χ4n) is 3.09. The van der Waals surface area contributed by atoms with Crippen LogP contribution in [0, 0.1) is 6.92 Å². The van der Waals surface area contributed by atoms with Crippen LogP contribution in [-0.4, -0.2) is 52.9 Å². The first-order valence-electron chi connectivity index (χ1n) is 10.6. The molecule has 176 valence electrons. The van der Waals surface area contributed by atoms with Crippen molar-refractivity contribution in [1.82, 2.24) is 10.4 Å². The normalized spacial score (nSPS) is 12.9. The van der Waals surface area contributed by atoms with Crippen LogP contribution in [-0.2, 0) is 14.4 Å². The van der Waals surface area contributed by atoms with E-state index >= 15 is 0 Å². The third-order valence-electron chi connectivity index (χ3n) is 4.83. The average Bonchev–Trinajstić information content (AvgIpc) is 3.51. The van der Waals surface area contributed by atoms with Gasteiger partial charge in [0.1, 0.15) is 5.76 Å². The molecule has 3 rings (SSSR count). The number of rotatable bonds is 9. The van der Waals surface area contributed by atoms with E-state index in [1.54, 1.807) is 37.3 Å². The number of hydrogen-bond acceptors (Lipinski definition) is 7. The summed E-state index contributed by atoms with van der Waals surface area (Å²) in [4.78, 5) is 52.2. The van der Waals surface area contributed by atoms with E-state index in [2.05, 4.69) is 5.32 Å². The number of nitrogens with one attached hydrogen (secondary N) is 1. The first kappa shape index (κ1) is 24.4. The van der Waals surface area contributed by atoms with Crippen LogP contribution in [0.1, 0.15) is 38.7 Å². The number of benzene rings is 1. The molecule has 2 N–H and O–H groups in total. The summed E-state index contributed by atoms with van der Waals surface area (Å²) in [6, 6.07) is 9.60. The molecule has 1 amide bonds. The van der Waals surface area contributed by atoms with Crippen LogP contribution in [0.15, 0.2) is 71.2 Å². The second kappa shape index (κ2) is 11.6. The predicted octanol–water partition coefficient (Wildman–Crippen LogP) is 2.94. The lowest BCUT2D eigenvalue weighted by atomic mass is 10.1. The van der Waals surface area contributed by atoms with E-state index in [1.807, 2.05) is 24.3 Å². The van der Waals surface area contributed by atoms with E-state index < -0.39 is 17.8 Å². The fraction of sp³-hybridized carbons (Fsp3) is 0.200. The fourth-order valence-corrected chi connectivity index (χ4v) is 3.09. The lowest BCUT2D eigenvalue weighted by Crippen LogP contribution is -2.38. The van der Waals surface area contributed by atoms with Crippen molar-refractivity contribution in [3.8, 4) is 0 Å². The molecule has 1 aliphatic carbocycles. The van der Waals surface area contributed by atoms with Crippen molar-refractivity contribution in [2.45, 2.75) is 19.4 Å². The molecule has 0 atom stereocenters. The van der Waals surface area contributed by atoms with Crippen molar-refractivity contribution in [2.75, 3.05) is 13.1 Å². The Bertz CT molecular complexity index is 1130. The topological polar surface area (TPSA) is 126 Å². The molecule has 0 aliphatic heterocycles. The monoisotopic (exact) mass is 464 g/mol. The number of hydrogen-bond donors (Lipinski definition) is 2. The van der Waals surface area contributed by atoms with Gasteiger partial charge in [0.25, 0.3) is 5.91 Å². The molecule has 9 heteroatoms. The number of aliphatic carboxylic acids is 1. The molecule has 0 unspecified atom stereocenters. The van der Waals surface area contributed by atoms with Crippen molar-refractivity contribution in [2.24, 2.45) is 0 Å². The molecule has 0 radical (unpaired) electrons. The van der Waals surface area contributed by atoms with Crippen molar-refractivity contribution in [3.63, 3.8) is 0 Å². The minimum Gasteiger partial charge on any atom is -0.473 e. The number of carbonyl (C=O) groups excluding carboxylic acids is 3. The van der Waals surface area contributed by atoms with Crippen LogP contribution < -0.4 is 5.32 Å².